The van der Waals surface area contributed by atoms with Crippen molar-refractivity contribution in [1.29, 1.82) is 0 Å². The lowest BCUT2D eigenvalue weighted by Gasteiger charge is -2.21. The van der Waals surface area contributed by atoms with E-state index in [9.17, 15) is 0 Å². The van der Waals surface area contributed by atoms with Gasteiger partial charge in [-0.1, -0.05) is 35.9 Å². The Balaban J connectivity index is 0.00000400. The fourth-order valence-electron chi connectivity index (χ4n) is 1.97. The van der Waals surface area contributed by atoms with E-state index in [2.05, 4.69) is 27.9 Å². The van der Waals surface area contributed by atoms with Crippen molar-refractivity contribution in [3.63, 3.8) is 0 Å². The molecule has 0 bridgehead atoms. The Labute approximate surface area is 150 Å². The fraction of sp³-hybridized carbons (Fsp3) is 0.438. The number of rotatable bonds is 7. The third kappa shape index (κ3) is 7.71. The van der Waals surface area contributed by atoms with Gasteiger partial charge in [0.05, 0.1) is 0 Å². The van der Waals surface area contributed by atoms with Gasteiger partial charge in [0, 0.05) is 32.2 Å². The van der Waals surface area contributed by atoms with Crippen LogP contribution in [0.5, 0.6) is 0 Å². The molecule has 0 spiro atoms. The molecule has 3 nitrogen and oxygen atoms in total. The molecule has 0 amide bonds. The number of nitrogens with one attached hydrogen (secondary N) is 1. The van der Waals surface area contributed by atoms with Crippen molar-refractivity contribution in [3.05, 3.63) is 47.5 Å². The predicted molar refractivity (Wildman–Crippen MR) is 104 cm³/mol. The Kier molecular flexibility index (Phi) is 11.4. The summed E-state index contributed by atoms with van der Waals surface area (Å²) in [6, 6.07) is 7.94. The summed E-state index contributed by atoms with van der Waals surface area (Å²) in [7, 11) is 3.86. The van der Waals surface area contributed by atoms with Crippen LogP contribution in [0, 0.1) is 0 Å². The average molecular weight is 422 g/mol. The van der Waals surface area contributed by atoms with E-state index < -0.39 is 0 Å². The van der Waals surface area contributed by atoms with Gasteiger partial charge in [-0.2, -0.15) is 0 Å². The van der Waals surface area contributed by atoms with Crippen LogP contribution in [0.15, 0.2) is 41.9 Å². The summed E-state index contributed by atoms with van der Waals surface area (Å²) in [5, 5.41) is 4.19. The number of allylic oxidation sites excluding steroid dienone is 1. The van der Waals surface area contributed by atoms with Crippen molar-refractivity contribution in [2.24, 2.45) is 4.99 Å². The first kappa shape index (κ1) is 20.2. The van der Waals surface area contributed by atoms with Crippen LogP contribution >= 0.6 is 35.6 Å². The molecule has 0 atom stereocenters. The van der Waals surface area contributed by atoms with Crippen molar-refractivity contribution in [1.82, 2.24) is 10.2 Å². The lowest BCUT2D eigenvalue weighted by molar-refractivity contribution is 0.470. The minimum atomic E-state index is 0. The molecular weight excluding hydrogens is 397 g/mol. The molecule has 21 heavy (non-hydrogen) atoms. The number of nitrogens with zero attached hydrogens (tertiary/aromatic N) is 2. The van der Waals surface area contributed by atoms with E-state index in [1.807, 2.05) is 38.4 Å². The SMILES string of the molecule is C=CCCCN(C)C(=NC)NCCc1ccccc1Cl.I. The van der Waals surface area contributed by atoms with Crippen LogP contribution < -0.4 is 5.32 Å². The molecule has 118 valence electrons. The van der Waals surface area contributed by atoms with Crippen LogP contribution in [0.25, 0.3) is 0 Å². The van der Waals surface area contributed by atoms with Crippen LogP contribution in [0.2, 0.25) is 5.02 Å². The normalized spacial score (nSPS) is 10.7. The molecule has 1 N–H and O–H groups in total. The van der Waals surface area contributed by atoms with Gasteiger partial charge in [0.25, 0.3) is 0 Å². The number of hydrogen-bond donors (Lipinski definition) is 1. The summed E-state index contributed by atoms with van der Waals surface area (Å²) in [6.45, 7) is 5.53. The third-order valence-electron chi connectivity index (χ3n) is 3.11. The van der Waals surface area contributed by atoms with Gasteiger partial charge in [-0.25, -0.2) is 0 Å². The van der Waals surface area contributed by atoms with Gasteiger partial charge in [0.2, 0.25) is 0 Å². The first-order chi connectivity index (χ1) is 9.69. The Bertz CT molecular complexity index is 449. The maximum Gasteiger partial charge on any atom is 0.193 e. The van der Waals surface area contributed by atoms with Crippen molar-refractivity contribution in [2.75, 3.05) is 27.2 Å². The number of halogens is 2. The van der Waals surface area contributed by atoms with Gasteiger partial charge >= 0.3 is 0 Å². The van der Waals surface area contributed by atoms with Crippen molar-refractivity contribution in [2.45, 2.75) is 19.3 Å². The minimum absolute atomic E-state index is 0. The van der Waals surface area contributed by atoms with Crippen LogP contribution in [0.4, 0.5) is 0 Å². The van der Waals surface area contributed by atoms with Gasteiger partial charge in [-0.15, -0.1) is 30.6 Å². The zero-order valence-electron chi connectivity index (χ0n) is 12.8. The maximum absolute atomic E-state index is 6.14. The van der Waals surface area contributed by atoms with Gasteiger partial charge in [-0.3, -0.25) is 4.99 Å². The second-order valence-electron chi connectivity index (χ2n) is 4.67. The molecule has 1 aromatic carbocycles. The first-order valence-corrected chi connectivity index (χ1v) is 7.33. The zero-order valence-corrected chi connectivity index (χ0v) is 15.9. The highest BCUT2D eigenvalue weighted by Gasteiger charge is 2.05. The third-order valence-corrected chi connectivity index (χ3v) is 3.48. The van der Waals surface area contributed by atoms with Crippen molar-refractivity contribution < 1.29 is 0 Å². The molecule has 0 aliphatic rings. The Hall–Kier alpha value is -0.750. The Morgan fingerprint density at radius 1 is 1.43 bits per heavy atom. The summed E-state index contributed by atoms with van der Waals surface area (Å²) in [5.41, 5.74) is 1.16. The largest absolute Gasteiger partial charge is 0.356 e. The highest BCUT2D eigenvalue weighted by Crippen LogP contribution is 2.14. The molecule has 1 aromatic rings. The molecule has 0 saturated heterocycles. The number of benzene rings is 1. The van der Waals surface area contributed by atoms with E-state index in [1.165, 1.54) is 0 Å². The molecule has 0 aliphatic carbocycles. The van der Waals surface area contributed by atoms with Crippen LogP contribution in [0.3, 0.4) is 0 Å². The molecule has 0 fully saturated rings. The molecule has 0 aliphatic heterocycles. The zero-order chi connectivity index (χ0) is 14.8. The second-order valence-corrected chi connectivity index (χ2v) is 5.08. The molecular formula is C16H25ClIN3. The summed E-state index contributed by atoms with van der Waals surface area (Å²) in [4.78, 5) is 6.43. The van der Waals surface area contributed by atoms with E-state index in [1.54, 1.807) is 0 Å². The standard InChI is InChI=1S/C16H24ClN3.HI/c1-4-5-8-13-20(3)16(18-2)19-12-11-14-9-6-7-10-15(14)17;/h4,6-7,9-10H,1,5,8,11-13H2,2-3H3,(H,18,19);1H. The molecule has 0 saturated carbocycles. The molecule has 0 aromatic heterocycles. The number of unbranched alkanes of at least 4 members (excludes halogenated alkanes) is 1. The molecule has 0 heterocycles. The Morgan fingerprint density at radius 2 is 2.14 bits per heavy atom. The van der Waals surface area contributed by atoms with Crippen LogP contribution in [-0.2, 0) is 6.42 Å². The van der Waals surface area contributed by atoms with Crippen molar-refractivity contribution in [3.8, 4) is 0 Å². The van der Waals surface area contributed by atoms with Crippen LogP contribution in [0.1, 0.15) is 18.4 Å². The maximum atomic E-state index is 6.14. The highest BCUT2D eigenvalue weighted by molar-refractivity contribution is 14.0. The molecule has 0 radical (unpaired) electrons. The summed E-state index contributed by atoms with van der Waals surface area (Å²) < 4.78 is 0. The predicted octanol–water partition coefficient (Wildman–Crippen LogP) is 3.97. The number of hydrogen-bond acceptors (Lipinski definition) is 1. The van der Waals surface area contributed by atoms with Crippen LogP contribution in [-0.4, -0.2) is 38.0 Å². The minimum Gasteiger partial charge on any atom is -0.356 e. The summed E-state index contributed by atoms with van der Waals surface area (Å²) in [6.07, 6.45) is 4.95. The van der Waals surface area contributed by atoms with Gasteiger partial charge in [-0.05, 0) is 30.9 Å². The van der Waals surface area contributed by atoms with E-state index in [4.69, 9.17) is 11.6 Å². The van der Waals surface area contributed by atoms with E-state index in [0.29, 0.717) is 0 Å². The topological polar surface area (TPSA) is 27.6 Å². The van der Waals surface area contributed by atoms with Gasteiger partial charge in [0.15, 0.2) is 5.96 Å². The summed E-state index contributed by atoms with van der Waals surface area (Å²) in [5.74, 6) is 0.918. The van der Waals surface area contributed by atoms with E-state index >= 15 is 0 Å². The number of guanidine groups is 1. The smallest absolute Gasteiger partial charge is 0.193 e. The molecule has 0 unspecified atom stereocenters. The lowest BCUT2D eigenvalue weighted by atomic mass is 10.1. The highest BCUT2D eigenvalue weighted by atomic mass is 127. The summed E-state index contributed by atoms with van der Waals surface area (Å²) >= 11 is 6.14. The monoisotopic (exact) mass is 421 g/mol. The second kappa shape index (κ2) is 11.9. The van der Waals surface area contributed by atoms with E-state index in [-0.39, 0.29) is 24.0 Å². The molecule has 5 heteroatoms. The van der Waals surface area contributed by atoms with Gasteiger partial charge < -0.3 is 10.2 Å². The molecule has 1 rings (SSSR count). The fourth-order valence-corrected chi connectivity index (χ4v) is 2.20. The van der Waals surface area contributed by atoms with E-state index in [0.717, 1.165) is 48.9 Å². The lowest BCUT2D eigenvalue weighted by Crippen LogP contribution is -2.40. The average Bonchev–Trinajstić information content (AvgIpc) is 2.45. The first-order valence-electron chi connectivity index (χ1n) is 6.95. The number of aliphatic imine (C=N–C) groups is 1. The Morgan fingerprint density at radius 3 is 2.76 bits per heavy atom. The van der Waals surface area contributed by atoms with Gasteiger partial charge in [0.1, 0.15) is 0 Å². The van der Waals surface area contributed by atoms with Crippen molar-refractivity contribution >= 4 is 41.5 Å². The quantitative estimate of drug-likeness (QED) is 0.237.